The van der Waals surface area contributed by atoms with Gasteiger partial charge < -0.3 is 10.4 Å². The second-order valence-corrected chi connectivity index (χ2v) is 5.48. The van der Waals surface area contributed by atoms with E-state index < -0.39 is 0 Å². The first-order chi connectivity index (χ1) is 8.99. The van der Waals surface area contributed by atoms with E-state index in [1.807, 2.05) is 25.6 Å². The number of carbonyl (C=O) groups is 1. The molecule has 2 rings (SSSR count). The summed E-state index contributed by atoms with van der Waals surface area (Å²) in [6, 6.07) is 0. The first kappa shape index (κ1) is 14.1. The molecule has 5 heteroatoms. The molecule has 0 aliphatic heterocycles. The molecule has 5 nitrogen and oxygen atoms in total. The Bertz CT molecular complexity index is 464. The maximum Gasteiger partial charge on any atom is 0.220 e. The standard InChI is InChI=1S/C14H23N3O2/c1-9-12(10(2)17(3)16-9)6-7-14(19)15-8-13(18)11-4-5-11/h11,13,18H,4-8H2,1-3H3,(H,15,19). The molecule has 0 aromatic carbocycles. The third-order valence-electron chi connectivity index (χ3n) is 3.94. The quantitative estimate of drug-likeness (QED) is 0.801. The Kier molecular flexibility index (Phi) is 4.24. The van der Waals surface area contributed by atoms with Crippen LogP contribution in [-0.2, 0) is 18.3 Å². The predicted octanol–water partition coefficient (Wildman–Crippen LogP) is 0.857. The van der Waals surface area contributed by atoms with Crippen molar-refractivity contribution in [2.45, 2.75) is 45.6 Å². The van der Waals surface area contributed by atoms with E-state index in [0.717, 1.165) is 29.8 Å². The second-order valence-electron chi connectivity index (χ2n) is 5.48. The average molecular weight is 265 g/mol. The molecule has 0 bridgehead atoms. The summed E-state index contributed by atoms with van der Waals surface area (Å²) in [6.07, 6.45) is 2.96. The van der Waals surface area contributed by atoms with Crippen LogP contribution in [0.1, 0.15) is 36.2 Å². The van der Waals surface area contributed by atoms with Crippen molar-refractivity contribution in [2.75, 3.05) is 6.54 Å². The molecule has 1 fully saturated rings. The summed E-state index contributed by atoms with van der Waals surface area (Å²) in [4.78, 5) is 11.7. The van der Waals surface area contributed by atoms with Crippen molar-refractivity contribution in [3.8, 4) is 0 Å². The number of aliphatic hydroxyl groups is 1. The van der Waals surface area contributed by atoms with Crippen LogP contribution in [0.3, 0.4) is 0 Å². The van der Waals surface area contributed by atoms with Crippen LogP contribution in [0.5, 0.6) is 0 Å². The van der Waals surface area contributed by atoms with Crippen molar-refractivity contribution >= 4 is 5.91 Å². The third-order valence-corrected chi connectivity index (χ3v) is 3.94. The average Bonchev–Trinajstić information content (AvgIpc) is 3.16. The molecule has 0 saturated heterocycles. The number of hydrogen-bond donors (Lipinski definition) is 2. The fourth-order valence-corrected chi connectivity index (χ4v) is 2.37. The van der Waals surface area contributed by atoms with Crippen LogP contribution in [0, 0.1) is 19.8 Å². The van der Waals surface area contributed by atoms with Gasteiger partial charge in [-0.05, 0) is 44.6 Å². The van der Waals surface area contributed by atoms with Crippen LogP contribution in [-0.4, -0.2) is 33.4 Å². The van der Waals surface area contributed by atoms with Crippen molar-refractivity contribution in [1.29, 1.82) is 0 Å². The van der Waals surface area contributed by atoms with E-state index in [1.165, 1.54) is 0 Å². The largest absolute Gasteiger partial charge is 0.391 e. The van der Waals surface area contributed by atoms with Crippen LogP contribution in [0.15, 0.2) is 0 Å². The number of hydrogen-bond acceptors (Lipinski definition) is 3. The van der Waals surface area contributed by atoms with Gasteiger partial charge in [-0.25, -0.2) is 0 Å². The lowest BCUT2D eigenvalue weighted by Crippen LogP contribution is -2.33. The Morgan fingerprint density at radius 1 is 1.53 bits per heavy atom. The van der Waals surface area contributed by atoms with Gasteiger partial charge in [0.05, 0.1) is 11.8 Å². The third kappa shape index (κ3) is 3.56. The normalized spacial score (nSPS) is 16.4. The molecule has 2 N–H and O–H groups in total. The smallest absolute Gasteiger partial charge is 0.220 e. The first-order valence-corrected chi connectivity index (χ1v) is 6.93. The number of aliphatic hydroxyl groups excluding tert-OH is 1. The van der Waals surface area contributed by atoms with Gasteiger partial charge in [-0.2, -0.15) is 5.10 Å². The lowest BCUT2D eigenvalue weighted by molar-refractivity contribution is -0.121. The number of aryl methyl sites for hydroxylation is 2. The van der Waals surface area contributed by atoms with Gasteiger partial charge in [-0.3, -0.25) is 9.48 Å². The van der Waals surface area contributed by atoms with Gasteiger partial charge in [0.2, 0.25) is 5.91 Å². The molecule has 106 valence electrons. The summed E-state index contributed by atoms with van der Waals surface area (Å²) in [6.45, 7) is 4.37. The number of amides is 1. The number of aromatic nitrogens is 2. The molecule has 1 atom stereocenters. The molecule has 0 spiro atoms. The molecule has 1 unspecified atom stereocenters. The summed E-state index contributed by atoms with van der Waals surface area (Å²) in [7, 11) is 1.91. The van der Waals surface area contributed by atoms with E-state index in [2.05, 4.69) is 10.4 Å². The van der Waals surface area contributed by atoms with E-state index in [-0.39, 0.29) is 12.0 Å². The molecular formula is C14H23N3O2. The van der Waals surface area contributed by atoms with Crippen LogP contribution in [0.25, 0.3) is 0 Å². The highest BCUT2D eigenvalue weighted by Crippen LogP contribution is 2.32. The molecule has 1 amide bonds. The zero-order chi connectivity index (χ0) is 14.0. The van der Waals surface area contributed by atoms with Gasteiger partial charge in [0, 0.05) is 25.7 Å². The molecule has 1 aliphatic rings. The lowest BCUT2D eigenvalue weighted by Gasteiger charge is -2.10. The summed E-state index contributed by atoms with van der Waals surface area (Å²) in [5.74, 6) is 0.408. The van der Waals surface area contributed by atoms with Gasteiger partial charge in [0.15, 0.2) is 0 Å². The van der Waals surface area contributed by atoms with Crippen molar-refractivity contribution < 1.29 is 9.90 Å². The van der Waals surface area contributed by atoms with Crippen LogP contribution < -0.4 is 5.32 Å². The predicted molar refractivity (Wildman–Crippen MR) is 72.7 cm³/mol. The Morgan fingerprint density at radius 3 is 2.74 bits per heavy atom. The van der Waals surface area contributed by atoms with Gasteiger partial charge in [0.1, 0.15) is 0 Å². The summed E-state index contributed by atoms with van der Waals surface area (Å²) < 4.78 is 1.85. The Balaban J connectivity index is 1.76. The highest BCUT2D eigenvalue weighted by Gasteiger charge is 2.29. The minimum atomic E-state index is -0.370. The number of rotatable bonds is 6. The summed E-state index contributed by atoms with van der Waals surface area (Å²) in [5, 5.41) is 16.8. The number of nitrogens with one attached hydrogen (secondary N) is 1. The topological polar surface area (TPSA) is 67.2 Å². The first-order valence-electron chi connectivity index (χ1n) is 6.93. The highest BCUT2D eigenvalue weighted by molar-refractivity contribution is 5.76. The molecular weight excluding hydrogens is 242 g/mol. The maximum atomic E-state index is 11.7. The van der Waals surface area contributed by atoms with Gasteiger partial charge in [0.25, 0.3) is 0 Å². The summed E-state index contributed by atoms with van der Waals surface area (Å²) >= 11 is 0. The number of nitrogens with zero attached hydrogens (tertiary/aromatic N) is 2. The summed E-state index contributed by atoms with van der Waals surface area (Å²) in [5.41, 5.74) is 3.26. The monoisotopic (exact) mass is 265 g/mol. The fourth-order valence-electron chi connectivity index (χ4n) is 2.37. The molecule has 1 aromatic heterocycles. The van der Waals surface area contributed by atoms with Crippen molar-refractivity contribution in [3.63, 3.8) is 0 Å². The van der Waals surface area contributed by atoms with Crippen LogP contribution in [0.4, 0.5) is 0 Å². The SMILES string of the molecule is Cc1nn(C)c(C)c1CCC(=O)NCC(O)C1CC1. The van der Waals surface area contributed by atoms with Crippen molar-refractivity contribution in [2.24, 2.45) is 13.0 Å². The second kappa shape index (κ2) is 5.74. The molecule has 1 aromatic rings. The molecule has 0 radical (unpaired) electrons. The van der Waals surface area contributed by atoms with E-state index >= 15 is 0 Å². The van der Waals surface area contributed by atoms with Crippen LogP contribution >= 0.6 is 0 Å². The minimum absolute atomic E-state index is 0.00218. The minimum Gasteiger partial charge on any atom is -0.391 e. The Labute approximate surface area is 114 Å². The van der Waals surface area contributed by atoms with E-state index in [4.69, 9.17) is 0 Å². The zero-order valence-electron chi connectivity index (χ0n) is 11.9. The van der Waals surface area contributed by atoms with Gasteiger partial charge in [-0.15, -0.1) is 0 Å². The molecule has 1 saturated carbocycles. The van der Waals surface area contributed by atoms with Crippen molar-refractivity contribution in [1.82, 2.24) is 15.1 Å². The van der Waals surface area contributed by atoms with E-state index in [1.54, 1.807) is 0 Å². The highest BCUT2D eigenvalue weighted by atomic mass is 16.3. The fraction of sp³-hybridized carbons (Fsp3) is 0.714. The molecule has 19 heavy (non-hydrogen) atoms. The number of carbonyl (C=O) groups excluding carboxylic acids is 1. The maximum absolute atomic E-state index is 11.7. The van der Waals surface area contributed by atoms with Crippen molar-refractivity contribution in [3.05, 3.63) is 17.0 Å². The Hall–Kier alpha value is -1.36. The Morgan fingerprint density at radius 2 is 2.21 bits per heavy atom. The van der Waals surface area contributed by atoms with Crippen LogP contribution in [0.2, 0.25) is 0 Å². The van der Waals surface area contributed by atoms with Gasteiger partial charge >= 0.3 is 0 Å². The molecule has 1 aliphatic carbocycles. The molecule has 1 heterocycles. The lowest BCUT2D eigenvalue weighted by atomic mass is 10.1. The zero-order valence-corrected chi connectivity index (χ0v) is 11.9. The van der Waals surface area contributed by atoms with Gasteiger partial charge in [-0.1, -0.05) is 0 Å². The van der Waals surface area contributed by atoms with E-state index in [0.29, 0.717) is 25.3 Å². The van der Waals surface area contributed by atoms with E-state index in [9.17, 15) is 9.90 Å².